The summed E-state index contributed by atoms with van der Waals surface area (Å²) in [7, 11) is -3.75. The molecule has 1 aromatic rings. The lowest BCUT2D eigenvalue weighted by atomic mass is 10.1. The number of hydrogen-bond acceptors (Lipinski definition) is 5. The van der Waals surface area contributed by atoms with Gasteiger partial charge in [-0.3, -0.25) is 0 Å². The van der Waals surface area contributed by atoms with Crippen molar-refractivity contribution in [3.05, 3.63) is 17.9 Å². The summed E-state index contributed by atoms with van der Waals surface area (Å²) in [6.07, 6.45) is 1.05. The van der Waals surface area contributed by atoms with Crippen molar-refractivity contribution in [3.8, 4) is 0 Å². The minimum atomic E-state index is -3.75. The molecule has 3 N–H and O–H groups in total. The molecule has 0 aliphatic rings. The van der Waals surface area contributed by atoms with Gasteiger partial charge in [0.05, 0.1) is 13.2 Å². The molecule has 0 aromatic carbocycles. The van der Waals surface area contributed by atoms with Gasteiger partial charge in [-0.2, -0.15) is 0 Å². The predicted octanol–water partition coefficient (Wildman–Crippen LogP) is 1.08. The third-order valence-corrected chi connectivity index (χ3v) is 3.26. The molecule has 0 atom stereocenters. The Morgan fingerprint density at radius 2 is 2.11 bits per heavy atom. The maximum absolute atomic E-state index is 11.0. The van der Waals surface area contributed by atoms with Crippen LogP contribution in [0.15, 0.2) is 21.6 Å². The van der Waals surface area contributed by atoms with E-state index in [1.165, 1.54) is 6.07 Å². The van der Waals surface area contributed by atoms with Crippen molar-refractivity contribution in [2.75, 3.05) is 19.8 Å². The molecule has 1 aromatic heterocycles. The molecule has 0 aliphatic heterocycles. The molecule has 7 heteroatoms. The van der Waals surface area contributed by atoms with E-state index < -0.39 is 10.0 Å². The summed E-state index contributed by atoms with van der Waals surface area (Å²) in [6, 6.07) is 2.94. The fourth-order valence-corrected chi connectivity index (χ4v) is 1.86. The third kappa shape index (κ3) is 6.72. The van der Waals surface area contributed by atoms with Gasteiger partial charge in [0.25, 0.3) is 10.0 Å². The highest BCUT2D eigenvalue weighted by Crippen LogP contribution is 2.11. The molecule has 1 rings (SSSR count). The second-order valence-electron chi connectivity index (χ2n) is 4.74. The molecule has 110 valence electrons. The van der Waals surface area contributed by atoms with Crippen molar-refractivity contribution in [3.63, 3.8) is 0 Å². The zero-order valence-corrected chi connectivity index (χ0v) is 12.2. The van der Waals surface area contributed by atoms with Crippen LogP contribution in [-0.4, -0.2) is 28.2 Å². The lowest BCUT2D eigenvalue weighted by Crippen LogP contribution is -2.19. The number of furan rings is 1. The van der Waals surface area contributed by atoms with Crippen molar-refractivity contribution in [2.24, 2.45) is 11.1 Å². The number of nitrogens with one attached hydrogen (secondary N) is 1. The summed E-state index contributed by atoms with van der Waals surface area (Å²) in [5.41, 5.74) is 0. The summed E-state index contributed by atoms with van der Waals surface area (Å²) in [6.45, 7) is 6.82. The van der Waals surface area contributed by atoms with Crippen LogP contribution in [0.5, 0.6) is 0 Å². The van der Waals surface area contributed by atoms with Gasteiger partial charge < -0.3 is 14.5 Å². The SMILES string of the molecule is CC(C)CCOCCNCc1ccc(S(N)(=O)=O)o1. The second-order valence-corrected chi connectivity index (χ2v) is 6.23. The van der Waals surface area contributed by atoms with Gasteiger partial charge in [-0.1, -0.05) is 13.8 Å². The van der Waals surface area contributed by atoms with Crippen LogP contribution in [-0.2, 0) is 21.3 Å². The number of nitrogens with two attached hydrogens (primary N) is 1. The summed E-state index contributed by atoms with van der Waals surface area (Å²) >= 11 is 0. The van der Waals surface area contributed by atoms with Crippen LogP contribution in [0.3, 0.4) is 0 Å². The highest BCUT2D eigenvalue weighted by atomic mass is 32.2. The lowest BCUT2D eigenvalue weighted by molar-refractivity contribution is 0.124. The highest BCUT2D eigenvalue weighted by Gasteiger charge is 2.12. The maximum Gasteiger partial charge on any atom is 0.271 e. The number of hydrogen-bond donors (Lipinski definition) is 2. The first kappa shape index (κ1) is 16.2. The number of sulfonamides is 1. The standard InChI is InChI=1S/C12H22N2O4S/c1-10(2)5-7-17-8-6-14-9-11-3-4-12(18-11)19(13,15)16/h3-4,10,14H,5-9H2,1-2H3,(H2,13,15,16). The third-order valence-electron chi connectivity index (χ3n) is 2.48. The van der Waals surface area contributed by atoms with Gasteiger partial charge >= 0.3 is 0 Å². The molecule has 0 amide bonds. The molecule has 19 heavy (non-hydrogen) atoms. The lowest BCUT2D eigenvalue weighted by Gasteiger charge is -2.06. The Morgan fingerprint density at radius 3 is 2.68 bits per heavy atom. The minimum Gasteiger partial charge on any atom is -0.447 e. The van der Waals surface area contributed by atoms with Crippen LogP contribution in [0.2, 0.25) is 0 Å². The Bertz CT molecular complexity index is 468. The van der Waals surface area contributed by atoms with Crippen LogP contribution >= 0.6 is 0 Å². The Hall–Kier alpha value is -0.890. The van der Waals surface area contributed by atoms with E-state index in [-0.39, 0.29) is 5.09 Å². The van der Waals surface area contributed by atoms with Gasteiger partial charge in [0, 0.05) is 13.2 Å². The van der Waals surface area contributed by atoms with E-state index in [1.54, 1.807) is 6.07 Å². The molecule has 0 saturated carbocycles. The smallest absolute Gasteiger partial charge is 0.271 e. The van der Waals surface area contributed by atoms with E-state index in [4.69, 9.17) is 14.3 Å². The predicted molar refractivity (Wildman–Crippen MR) is 72.1 cm³/mol. The largest absolute Gasteiger partial charge is 0.447 e. The first-order valence-corrected chi connectivity index (χ1v) is 7.84. The molecule has 0 radical (unpaired) electrons. The number of primary sulfonamides is 1. The maximum atomic E-state index is 11.0. The Balaban J connectivity index is 2.15. The average Bonchev–Trinajstić information content (AvgIpc) is 2.75. The number of rotatable bonds is 9. The van der Waals surface area contributed by atoms with Crippen molar-refractivity contribution in [1.82, 2.24) is 5.32 Å². The molecule has 6 nitrogen and oxygen atoms in total. The van der Waals surface area contributed by atoms with E-state index in [0.29, 0.717) is 31.4 Å². The second kappa shape index (κ2) is 7.64. The van der Waals surface area contributed by atoms with Gasteiger partial charge in [0.15, 0.2) is 0 Å². The zero-order chi connectivity index (χ0) is 14.3. The highest BCUT2D eigenvalue weighted by molar-refractivity contribution is 7.89. The van der Waals surface area contributed by atoms with E-state index in [2.05, 4.69) is 19.2 Å². The Kier molecular flexibility index (Phi) is 6.50. The van der Waals surface area contributed by atoms with Crippen LogP contribution in [0.4, 0.5) is 0 Å². The Labute approximate surface area is 114 Å². The minimum absolute atomic E-state index is 0.211. The van der Waals surface area contributed by atoms with E-state index >= 15 is 0 Å². The van der Waals surface area contributed by atoms with Crippen LogP contribution in [0.1, 0.15) is 26.0 Å². The molecular formula is C12H22N2O4S. The van der Waals surface area contributed by atoms with Crippen molar-refractivity contribution in [1.29, 1.82) is 0 Å². The zero-order valence-electron chi connectivity index (χ0n) is 11.4. The normalized spacial score (nSPS) is 12.2. The van der Waals surface area contributed by atoms with Crippen molar-refractivity contribution >= 4 is 10.0 Å². The molecule has 0 unspecified atom stereocenters. The Morgan fingerprint density at radius 1 is 1.37 bits per heavy atom. The van der Waals surface area contributed by atoms with Crippen molar-refractivity contribution in [2.45, 2.75) is 31.9 Å². The summed E-state index contributed by atoms with van der Waals surface area (Å²) in [5, 5.41) is 7.83. The fourth-order valence-electron chi connectivity index (χ4n) is 1.38. The van der Waals surface area contributed by atoms with Gasteiger partial charge in [-0.25, -0.2) is 13.6 Å². The first-order valence-electron chi connectivity index (χ1n) is 6.29. The molecule has 0 aliphatic carbocycles. The van der Waals surface area contributed by atoms with E-state index in [1.807, 2.05) is 0 Å². The first-order chi connectivity index (χ1) is 8.89. The fraction of sp³-hybridized carbons (Fsp3) is 0.667. The van der Waals surface area contributed by atoms with Crippen LogP contribution in [0, 0.1) is 5.92 Å². The summed E-state index contributed by atoms with van der Waals surface area (Å²) < 4.78 is 32.5. The monoisotopic (exact) mass is 290 g/mol. The summed E-state index contributed by atoms with van der Waals surface area (Å²) in [5.74, 6) is 1.18. The molecule has 0 spiro atoms. The van der Waals surface area contributed by atoms with Gasteiger partial charge in [0.2, 0.25) is 5.09 Å². The molecule has 0 fully saturated rings. The van der Waals surface area contributed by atoms with Gasteiger partial charge in [-0.15, -0.1) is 0 Å². The average molecular weight is 290 g/mol. The van der Waals surface area contributed by atoms with Crippen LogP contribution in [0.25, 0.3) is 0 Å². The molecule has 0 saturated heterocycles. The number of ether oxygens (including phenoxy) is 1. The van der Waals surface area contributed by atoms with E-state index in [0.717, 1.165) is 13.0 Å². The molecule has 0 bridgehead atoms. The van der Waals surface area contributed by atoms with Crippen molar-refractivity contribution < 1.29 is 17.6 Å². The molecule has 1 heterocycles. The quantitative estimate of drug-likeness (QED) is 0.664. The topological polar surface area (TPSA) is 94.6 Å². The van der Waals surface area contributed by atoms with Gasteiger partial charge in [-0.05, 0) is 24.5 Å². The van der Waals surface area contributed by atoms with Crippen LogP contribution < -0.4 is 10.5 Å². The van der Waals surface area contributed by atoms with Gasteiger partial charge in [0.1, 0.15) is 5.76 Å². The summed E-state index contributed by atoms with van der Waals surface area (Å²) in [4.78, 5) is 0. The molecular weight excluding hydrogens is 268 g/mol. The van der Waals surface area contributed by atoms with E-state index in [9.17, 15) is 8.42 Å².